The number of nitrogens with one attached hydrogen (secondary N) is 2. The van der Waals surface area contributed by atoms with Gasteiger partial charge >= 0.3 is 0 Å². The number of aromatic nitrogens is 2. The summed E-state index contributed by atoms with van der Waals surface area (Å²) < 4.78 is 39.2. The molecule has 0 fully saturated rings. The van der Waals surface area contributed by atoms with E-state index < -0.39 is 17.5 Å². The molecule has 0 bridgehead atoms. The molecule has 7 heteroatoms. The number of hydrogen-bond acceptors (Lipinski definition) is 3. The number of nitrogens with two attached hydrogens (primary N) is 1. The first-order valence-electron chi connectivity index (χ1n) is 4.71. The van der Waals surface area contributed by atoms with Crippen LogP contribution in [0.15, 0.2) is 12.1 Å². The number of nitrogens with zero attached hydrogens (tertiary/aromatic N) is 1. The Balaban J connectivity index is 2.39. The average molecular weight is 242 g/mol. The highest BCUT2D eigenvalue weighted by Gasteiger charge is 2.13. The molecule has 0 atom stereocenters. The third-order valence-electron chi connectivity index (χ3n) is 2.10. The van der Waals surface area contributed by atoms with Crippen molar-refractivity contribution in [3.8, 4) is 0 Å². The lowest BCUT2D eigenvalue weighted by Gasteiger charge is -2.06. The molecule has 0 spiro atoms. The third kappa shape index (κ3) is 2.17. The molecule has 0 unspecified atom stereocenters. The maximum atomic E-state index is 13.3. The van der Waals surface area contributed by atoms with Crippen molar-refractivity contribution < 1.29 is 13.2 Å². The van der Waals surface area contributed by atoms with Gasteiger partial charge in [-0.3, -0.25) is 0 Å². The standard InChI is InChI=1S/C10H9F3N4/c1-4-15-9(14)10(16-4)17-7-3-5(11)2-6(12)8(7)13/h2-3,17H,14H2,1H3,(H,15,16). The van der Waals surface area contributed by atoms with Crippen molar-refractivity contribution in [2.75, 3.05) is 11.1 Å². The van der Waals surface area contributed by atoms with Crippen LogP contribution in [0.5, 0.6) is 0 Å². The normalized spacial score (nSPS) is 10.6. The van der Waals surface area contributed by atoms with Gasteiger partial charge in [0.1, 0.15) is 17.5 Å². The zero-order valence-corrected chi connectivity index (χ0v) is 8.81. The Morgan fingerprint density at radius 2 is 2.00 bits per heavy atom. The minimum atomic E-state index is -1.28. The highest BCUT2D eigenvalue weighted by atomic mass is 19.2. The first-order chi connectivity index (χ1) is 7.97. The molecule has 2 aromatic rings. The summed E-state index contributed by atoms with van der Waals surface area (Å²) >= 11 is 0. The fraction of sp³-hybridized carbons (Fsp3) is 0.100. The van der Waals surface area contributed by atoms with Crippen LogP contribution in [0.1, 0.15) is 5.82 Å². The van der Waals surface area contributed by atoms with Gasteiger partial charge in [0.25, 0.3) is 0 Å². The van der Waals surface area contributed by atoms with Gasteiger partial charge in [0.15, 0.2) is 17.5 Å². The second kappa shape index (κ2) is 4.00. The van der Waals surface area contributed by atoms with Crippen molar-refractivity contribution in [3.63, 3.8) is 0 Å². The average Bonchev–Trinajstić information content (AvgIpc) is 2.53. The number of halogens is 3. The molecular weight excluding hydrogens is 233 g/mol. The molecular formula is C10H9F3N4. The van der Waals surface area contributed by atoms with Crippen LogP contribution in [0, 0.1) is 24.4 Å². The first kappa shape index (κ1) is 11.3. The van der Waals surface area contributed by atoms with E-state index in [1.807, 2.05) is 0 Å². The Bertz CT molecular complexity index is 565. The topological polar surface area (TPSA) is 66.7 Å². The van der Waals surface area contributed by atoms with Gasteiger partial charge in [-0.2, -0.15) is 0 Å². The molecule has 4 nitrogen and oxygen atoms in total. The smallest absolute Gasteiger partial charge is 0.182 e. The summed E-state index contributed by atoms with van der Waals surface area (Å²) in [7, 11) is 0. The summed E-state index contributed by atoms with van der Waals surface area (Å²) in [5.74, 6) is -2.58. The third-order valence-corrected chi connectivity index (χ3v) is 2.10. The van der Waals surface area contributed by atoms with E-state index >= 15 is 0 Å². The molecule has 1 aromatic heterocycles. The fourth-order valence-corrected chi connectivity index (χ4v) is 1.38. The highest BCUT2D eigenvalue weighted by Crippen LogP contribution is 2.25. The summed E-state index contributed by atoms with van der Waals surface area (Å²) in [6, 6.07) is 1.28. The van der Waals surface area contributed by atoms with E-state index in [1.54, 1.807) is 6.92 Å². The number of aryl methyl sites for hydroxylation is 1. The van der Waals surface area contributed by atoms with Crippen molar-refractivity contribution in [1.82, 2.24) is 9.97 Å². The van der Waals surface area contributed by atoms with Gasteiger partial charge in [-0.15, -0.1) is 0 Å². The van der Waals surface area contributed by atoms with Gasteiger partial charge in [-0.05, 0) is 6.92 Å². The van der Waals surface area contributed by atoms with E-state index in [0.29, 0.717) is 11.9 Å². The zero-order chi connectivity index (χ0) is 12.6. The van der Waals surface area contributed by atoms with Crippen LogP contribution in [0.2, 0.25) is 0 Å². The van der Waals surface area contributed by atoms with Crippen LogP contribution >= 0.6 is 0 Å². The van der Waals surface area contributed by atoms with E-state index in [4.69, 9.17) is 5.73 Å². The van der Waals surface area contributed by atoms with Crippen LogP contribution in [0.25, 0.3) is 0 Å². The van der Waals surface area contributed by atoms with Crippen LogP contribution in [-0.4, -0.2) is 9.97 Å². The summed E-state index contributed by atoms with van der Waals surface area (Å²) in [6.45, 7) is 1.64. The van der Waals surface area contributed by atoms with Gasteiger partial charge in [-0.1, -0.05) is 0 Å². The van der Waals surface area contributed by atoms with Gasteiger partial charge in [-0.25, -0.2) is 18.2 Å². The molecule has 1 aromatic carbocycles. The summed E-state index contributed by atoms with van der Waals surface area (Å²) in [6.07, 6.45) is 0. The highest BCUT2D eigenvalue weighted by molar-refractivity contribution is 5.66. The molecule has 0 saturated heterocycles. The van der Waals surface area contributed by atoms with Crippen LogP contribution in [0.4, 0.5) is 30.5 Å². The number of nitrogen functional groups attached to an aromatic ring is 1. The SMILES string of the molecule is Cc1nc(Nc2cc(F)cc(F)c2F)c(N)[nH]1. The second-order valence-electron chi connectivity index (χ2n) is 3.46. The van der Waals surface area contributed by atoms with Crippen molar-refractivity contribution in [3.05, 3.63) is 35.4 Å². The minimum Gasteiger partial charge on any atom is -0.382 e. The Morgan fingerprint density at radius 3 is 2.59 bits per heavy atom. The van der Waals surface area contributed by atoms with Crippen molar-refractivity contribution in [2.24, 2.45) is 0 Å². The Labute approximate surface area is 94.7 Å². The lowest BCUT2D eigenvalue weighted by Crippen LogP contribution is -2.00. The summed E-state index contributed by atoms with van der Waals surface area (Å²) in [5.41, 5.74) is 5.16. The molecule has 0 saturated carbocycles. The monoisotopic (exact) mass is 242 g/mol. The molecule has 0 aliphatic carbocycles. The Morgan fingerprint density at radius 1 is 1.29 bits per heavy atom. The Hall–Kier alpha value is -2.18. The Kier molecular flexibility index (Phi) is 2.66. The van der Waals surface area contributed by atoms with Crippen LogP contribution in [-0.2, 0) is 0 Å². The molecule has 0 amide bonds. The lowest BCUT2D eigenvalue weighted by atomic mass is 10.3. The molecule has 0 aliphatic rings. The van der Waals surface area contributed by atoms with Crippen molar-refractivity contribution >= 4 is 17.3 Å². The number of imidazole rings is 1. The molecule has 1 heterocycles. The number of hydrogen-bond donors (Lipinski definition) is 3. The fourth-order valence-electron chi connectivity index (χ4n) is 1.38. The van der Waals surface area contributed by atoms with Crippen molar-refractivity contribution in [2.45, 2.75) is 6.92 Å². The van der Waals surface area contributed by atoms with Crippen LogP contribution < -0.4 is 11.1 Å². The lowest BCUT2D eigenvalue weighted by molar-refractivity contribution is 0.498. The van der Waals surface area contributed by atoms with Crippen LogP contribution in [0.3, 0.4) is 0 Å². The number of benzene rings is 1. The molecule has 17 heavy (non-hydrogen) atoms. The van der Waals surface area contributed by atoms with Gasteiger partial charge in [0, 0.05) is 12.1 Å². The maximum Gasteiger partial charge on any atom is 0.182 e. The molecule has 4 N–H and O–H groups in total. The summed E-state index contributed by atoms with van der Waals surface area (Å²) in [5, 5.41) is 2.42. The molecule has 2 rings (SSSR count). The van der Waals surface area contributed by atoms with E-state index in [0.717, 1.165) is 6.07 Å². The number of H-pyrrole nitrogens is 1. The van der Waals surface area contributed by atoms with E-state index in [9.17, 15) is 13.2 Å². The van der Waals surface area contributed by atoms with Gasteiger partial charge in [0.05, 0.1) is 5.69 Å². The predicted molar refractivity (Wildman–Crippen MR) is 57.3 cm³/mol. The molecule has 90 valence electrons. The van der Waals surface area contributed by atoms with E-state index in [1.165, 1.54) is 0 Å². The summed E-state index contributed by atoms with van der Waals surface area (Å²) in [4.78, 5) is 6.57. The predicted octanol–water partition coefficient (Wildman–Crippen LogP) is 2.46. The first-order valence-corrected chi connectivity index (χ1v) is 4.71. The maximum absolute atomic E-state index is 13.3. The number of anilines is 3. The van der Waals surface area contributed by atoms with E-state index in [2.05, 4.69) is 15.3 Å². The largest absolute Gasteiger partial charge is 0.382 e. The quantitative estimate of drug-likeness (QED) is 0.708. The number of rotatable bonds is 2. The minimum absolute atomic E-state index is 0.117. The number of aromatic amines is 1. The van der Waals surface area contributed by atoms with Gasteiger partial charge < -0.3 is 16.0 Å². The molecule has 0 radical (unpaired) electrons. The van der Waals surface area contributed by atoms with Crippen molar-refractivity contribution in [1.29, 1.82) is 0 Å². The molecule has 0 aliphatic heterocycles. The zero-order valence-electron chi connectivity index (χ0n) is 8.81. The van der Waals surface area contributed by atoms with Gasteiger partial charge in [0.2, 0.25) is 0 Å². The van der Waals surface area contributed by atoms with E-state index in [-0.39, 0.29) is 17.3 Å². The second-order valence-corrected chi connectivity index (χ2v) is 3.46.